The molecule has 1 N–H and O–H groups in total. The molecule has 1 atom stereocenters. The molecule has 2 rings (SSSR count). The zero-order chi connectivity index (χ0) is 15.8. The molecule has 0 aromatic heterocycles. The lowest BCUT2D eigenvalue weighted by Crippen LogP contribution is -2.25. The lowest BCUT2D eigenvalue weighted by Gasteiger charge is -2.26. The van der Waals surface area contributed by atoms with Crippen LogP contribution in [-0.4, -0.2) is 5.11 Å². The molecule has 0 aliphatic heterocycles. The molecule has 0 aliphatic rings. The smallest absolute Gasteiger partial charge is 0.142 e. The Morgan fingerprint density at radius 2 is 1.81 bits per heavy atom. The third kappa shape index (κ3) is 3.57. The van der Waals surface area contributed by atoms with E-state index in [4.69, 9.17) is 23.2 Å². The first kappa shape index (κ1) is 16.7. The normalized spacial score (nSPS) is 14.0. The monoisotopic (exact) mass is 394 g/mol. The van der Waals surface area contributed by atoms with Crippen LogP contribution in [0.15, 0.2) is 34.8 Å². The molecule has 1 unspecified atom stereocenters. The van der Waals surface area contributed by atoms with Crippen LogP contribution in [0, 0.1) is 11.6 Å². The van der Waals surface area contributed by atoms with Crippen LogP contribution in [0.25, 0.3) is 0 Å². The lowest BCUT2D eigenvalue weighted by atomic mass is 9.89. The molecule has 21 heavy (non-hydrogen) atoms. The molecule has 1 nitrogen and oxygen atoms in total. The molecular formula is C15H11BrCl2F2O. The van der Waals surface area contributed by atoms with Crippen molar-refractivity contribution in [3.05, 3.63) is 67.6 Å². The summed E-state index contributed by atoms with van der Waals surface area (Å²) in [6, 6.07) is 6.84. The number of rotatable bonds is 3. The Labute approximate surface area is 139 Å². The van der Waals surface area contributed by atoms with Crippen molar-refractivity contribution in [2.24, 2.45) is 0 Å². The Hall–Kier alpha value is -0.680. The summed E-state index contributed by atoms with van der Waals surface area (Å²) in [4.78, 5) is 0. The van der Waals surface area contributed by atoms with Crippen molar-refractivity contribution >= 4 is 39.1 Å². The quantitative estimate of drug-likeness (QED) is 0.681. The maximum Gasteiger partial charge on any atom is 0.142 e. The van der Waals surface area contributed by atoms with Crippen LogP contribution in [0.5, 0.6) is 0 Å². The topological polar surface area (TPSA) is 20.2 Å². The van der Waals surface area contributed by atoms with E-state index < -0.39 is 17.2 Å². The van der Waals surface area contributed by atoms with Crippen molar-refractivity contribution < 1.29 is 13.9 Å². The fourth-order valence-electron chi connectivity index (χ4n) is 2.09. The Bertz CT molecular complexity index is 690. The number of halogens is 5. The Morgan fingerprint density at radius 1 is 1.14 bits per heavy atom. The van der Waals surface area contributed by atoms with Gasteiger partial charge < -0.3 is 5.11 Å². The maximum absolute atomic E-state index is 13.6. The van der Waals surface area contributed by atoms with Crippen LogP contribution >= 0.6 is 39.1 Å². The molecule has 2 aromatic rings. The first-order valence-electron chi connectivity index (χ1n) is 6.02. The molecule has 0 bridgehead atoms. The van der Waals surface area contributed by atoms with Crippen LogP contribution in [0.4, 0.5) is 8.78 Å². The standard InChI is InChI=1S/C15H11BrCl2F2O/c1-15(21,7-8-3-2-4-12(19)14(8)16)9-5-13(20)11(18)6-10(9)17/h2-6,21H,7H2,1H3. The number of benzene rings is 2. The second-order valence-electron chi connectivity index (χ2n) is 4.91. The summed E-state index contributed by atoms with van der Waals surface area (Å²) in [6.45, 7) is 1.49. The van der Waals surface area contributed by atoms with Gasteiger partial charge >= 0.3 is 0 Å². The molecule has 0 saturated carbocycles. The zero-order valence-electron chi connectivity index (χ0n) is 10.9. The van der Waals surface area contributed by atoms with E-state index >= 15 is 0 Å². The van der Waals surface area contributed by atoms with Gasteiger partial charge in [-0.3, -0.25) is 0 Å². The third-order valence-corrected chi connectivity index (χ3v) is 4.65. The predicted octanol–water partition coefficient (Wildman–Crippen LogP) is 5.48. The van der Waals surface area contributed by atoms with Gasteiger partial charge in [-0.05, 0) is 46.6 Å². The lowest BCUT2D eigenvalue weighted by molar-refractivity contribution is 0.0571. The first-order chi connectivity index (χ1) is 9.72. The van der Waals surface area contributed by atoms with Crippen molar-refractivity contribution in [2.75, 3.05) is 0 Å². The van der Waals surface area contributed by atoms with Gasteiger partial charge in [0.2, 0.25) is 0 Å². The summed E-state index contributed by atoms with van der Waals surface area (Å²) < 4.78 is 27.4. The summed E-state index contributed by atoms with van der Waals surface area (Å²) in [5, 5.41) is 10.6. The molecule has 0 heterocycles. The summed E-state index contributed by atoms with van der Waals surface area (Å²) in [7, 11) is 0. The van der Waals surface area contributed by atoms with Gasteiger partial charge in [-0.25, -0.2) is 8.78 Å². The largest absolute Gasteiger partial charge is 0.385 e. The minimum absolute atomic E-state index is 0.0616. The van der Waals surface area contributed by atoms with E-state index in [-0.39, 0.29) is 26.5 Å². The van der Waals surface area contributed by atoms with Gasteiger partial charge in [0.25, 0.3) is 0 Å². The van der Waals surface area contributed by atoms with Gasteiger partial charge in [-0.1, -0.05) is 35.3 Å². The summed E-state index contributed by atoms with van der Waals surface area (Å²) in [5.74, 6) is -1.11. The molecule has 0 saturated heterocycles. The van der Waals surface area contributed by atoms with Crippen LogP contribution < -0.4 is 0 Å². The summed E-state index contributed by atoms with van der Waals surface area (Å²) in [6.07, 6.45) is 0.0616. The summed E-state index contributed by atoms with van der Waals surface area (Å²) >= 11 is 14.8. The van der Waals surface area contributed by atoms with Crippen molar-refractivity contribution in [3.8, 4) is 0 Å². The highest BCUT2D eigenvalue weighted by molar-refractivity contribution is 9.10. The molecular weight excluding hydrogens is 385 g/mol. The molecule has 0 aliphatic carbocycles. The third-order valence-electron chi connectivity index (χ3n) is 3.16. The van der Waals surface area contributed by atoms with Crippen molar-refractivity contribution in [1.29, 1.82) is 0 Å². The Morgan fingerprint density at radius 3 is 2.48 bits per heavy atom. The average molecular weight is 396 g/mol. The number of aliphatic hydroxyl groups is 1. The van der Waals surface area contributed by atoms with E-state index in [1.807, 2.05) is 0 Å². The fraction of sp³-hybridized carbons (Fsp3) is 0.200. The fourth-order valence-corrected chi connectivity index (χ4v) is 3.08. The van der Waals surface area contributed by atoms with Gasteiger partial charge in [0, 0.05) is 17.0 Å². The minimum atomic E-state index is -1.47. The molecule has 0 spiro atoms. The minimum Gasteiger partial charge on any atom is -0.385 e. The Kier molecular flexibility index (Phi) is 4.93. The van der Waals surface area contributed by atoms with Gasteiger partial charge in [-0.15, -0.1) is 0 Å². The second kappa shape index (κ2) is 6.21. The molecule has 0 amide bonds. The Balaban J connectivity index is 2.43. The highest BCUT2D eigenvalue weighted by atomic mass is 79.9. The molecule has 112 valence electrons. The van der Waals surface area contributed by atoms with E-state index in [1.165, 1.54) is 25.1 Å². The predicted molar refractivity (Wildman–Crippen MR) is 83.8 cm³/mol. The van der Waals surface area contributed by atoms with Gasteiger partial charge in [0.15, 0.2) is 0 Å². The van der Waals surface area contributed by atoms with Crippen molar-refractivity contribution in [1.82, 2.24) is 0 Å². The summed E-state index contributed by atoms with van der Waals surface area (Å²) in [5.41, 5.74) is -0.729. The number of hydrogen-bond donors (Lipinski definition) is 1. The van der Waals surface area contributed by atoms with Crippen LogP contribution in [0.2, 0.25) is 10.0 Å². The number of hydrogen-bond acceptors (Lipinski definition) is 1. The first-order valence-corrected chi connectivity index (χ1v) is 7.57. The van der Waals surface area contributed by atoms with Crippen LogP contribution in [0.3, 0.4) is 0 Å². The SMILES string of the molecule is CC(O)(Cc1cccc(F)c1Br)c1cc(F)c(Cl)cc1Cl. The van der Waals surface area contributed by atoms with Crippen LogP contribution in [-0.2, 0) is 12.0 Å². The van der Waals surface area contributed by atoms with Gasteiger partial charge in [0.05, 0.1) is 15.1 Å². The maximum atomic E-state index is 13.6. The molecule has 0 radical (unpaired) electrons. The van der Waals surface area contributed by atoms with Crippen molar-refractivity contribution in [2.45, 2.75) is 18.9 Å². The average Bonchev–Trinajstić information content (AvgIpc) is 2.39. The van der Waals surface area contributed by atoms with Crippen LogP contribution in [0.1, 0.15) is 18.1 Å². The van der Waals surface area contributed by atoms with Gasteiger partial charge in [0.1, 0.15) is 11.6 Å². The van der Waals surface area contributed by atoms with Crippen molar-refractivity contribution in [3.63, 3.8) is 0 Å². The highest BCUT2D eigenvalue weighted by Gasteiger charge is 2.28. The van der Waals surface area contributed by atoms with E-state index in [1.54, 1.807) is 6.07 Å². The zero-order valence-corrected chi connectivity index (χ0v) is 14.0. The van der Waals surface area contributed by atoms with E-state index in [2.05, 4.69) is 15.9 Å². The van der Waals surface area contributed by atoms with E-state index in [0.29, 0.717) is 5.56 Å². The van der Waals surface area contributed by atoms with Gasteiger partial charge in [-0.2, -0.15) is 0 Å². The molecule has 2 aromatic carbocycles. The highest BCUT2D eigenvalue weighted by Crippen LogP contribution is 2.35. The molecule has 0 fully saturated rings. The second-order valence-corrected chi connectivity index (χ2v) is 6.52. The van der Waals surface area contributed by atoms with E-state index in [0.717, 1.165) is 6.07 Å². The molecule has 6 heteroatoms. The van der Waals surface area contributed by atoms with E-state index in [9.17, 15) is 13.9 Å².